The maximum atomic E-state index is 12.3. The lowest BCUT2D eigenvalue weighted by Crippen LogP contribution is -2.33. The van der Waals surface area contributed by atoms with Crippen molar-refractivity contribution in [2.75, 3.05) is 6.54 Å². The van der Waals surface area contributed by atoms with E-state index in [9.17, 15) is 9.18 Å². The Morgan fingerprint density at radius 2 is 1.44 bits per heavy atom. The summed E-state index contributed by atoms with van der Waals surface area (Å²) in [7, 11) is 0. The number of amides is 1. The summed E-state index contributed by atoms with van der Waals surface area (Å²) in [5, 5.41) is 10.9. The average molecular weight is 380 g/mol. The number of carbonyl (C=O) groups excluding carboxylic acids is 1. The van der Waals surface area contributed by atoms with Gasteiger partial charge in [0.25, 0.3) is 0 Å². The smallest absolute Gasteiger partial charge is 0.223 e. The molecule has 0 radical (unpaired) electrons. The van der Waals surface area contributed by atoms with Crippen LogP contribution in [0.4, 0.5) is 4.39 Å². The van der Waals surface area contributed by atoms with E-state index in [1.54, 1.807) is 6.92 Å². The van der Waals surface area contributed by atoms with Gasteiger partial charge in [-0.05, 0) is 44.9 Å². The van der Waals surface area contributed by atoms with Gasteiger partial charge in [-0.1, -0.05) is 75.3 Å². The van der Waals surface area contributed by atoms with Crippen molar-refractivity contribution in [3.05, 3.63) is 48.6 Å². The fraction of sp³-hybridized carbons (Fsp3) is 0.609. The predicted molar refractivity (Wildman–Crippen MR) is 113 cm³/mol. The van der Waals surface area contributed by atoms with Crippen LogP contribution in [0.1, 0.15) is 71.6 Å². The number of allylic oxidation sites excluding steroid dienone is 8. The minimum atomic E-state index is -1.99. The molecule has 0 fully saturated rings. The minimum absolute atomic E-state index is 0.185. The van der Waals surface area contributed by atoms with Crippen LogP contribution in [0.5, 0.6) is 0 Å². The van der Waals surface area contributed by atoms with E-state index in [-0.39, 0.29) is 18.4 Å². The molecule has 27 heavy (non-hydrogen) atoms. The monoisotopic (exact) mass is 379 g/mol. The highest BCUT2D eigenvalue weighted by molar-refractivity contribution is 5.78. The van der Waals surface area contributed by atoms with Gasteiger partial charge in [-0.25, -0.2) is 4.39 Å². The number of rotatable bonds is 16. The third-order valence-corrected chi connectivity index (χ3v) is 4.12. The largest absolute Gasteiger partial charge is 0.363 e. The third kappa shape index (κ3) is 18.9. The molecule has 0 aromatic rings. The van der Waals surface area contributed by atoms with Crippen LogP contribution in [0, 0.1) is 5.92 Å². The highest BCUT2D eigenvalue weighted by Gasteiger charge is 2.12. The fourth-order valence-electron chi connectivity index (χ4n) is 2.40. The first-order chi connectivity index (χ1) is 13.1. The Balaban J connectivity index is 3.62. The van der Waals surface area contributed by atoms with E-state index >= 15 is 0 Å². The quantitative estimate of drug-likeness (QED) is 0.264. The molecular formula is C23H38FNO2. The molecule has 1 amide bonds. The van der Waals surface area contributed by atoms with Crippen LogP contribution in [0.15, 0.2) is 48.6 Å². The molecule has 0 aromatic carbocycles. The summed E-state index contributed by atoms with van der Waals surface area (Å²) in [5.74, 6) is -0.405. The maximum absolute atomic E-state index is 12.3. The molecule has 0 aliphatic carbocycles. The number of unbranched alkanes of at least 4 members (excludes halogenated alkanes) is 3. The van der Waals surface area contributed by atoms with Gasteiger partial charge in [0, 0.05) is 5.92 Å². The van der Waals surface area contributed by atoms with E-state index in [1.165, 1.54) is 25.7 Å². The van der Waals surface area contributed by atoms with Crippen molar-refractivity contribution < 1.29 is 14.3 Å². The Morgan fingerprint density at radius 3 is 1.96 bits per heavy atom. The van der Waals surface area contributed by atoms with Gasteiger partial charge in [0.2, 0.25) is 12.3 Å². The van der Waals surface area contributed by atoms with Crippen molar-refractivity contribution in [3.8, 4) is 0 Å². The number of nitrogens with one attached hydrogen (secondary N) is 1. The third-order valence-electron chi connectivity index (χ3n) is 4.12. The van der Waals surface area contributed by atoms with E-state index in [1.807, 2.05) is 0 Å². The van der Waals surface area contributed by atoms with Gasteiger partial charge < -0.3 is 10.4 Å². The van der Waals surface area contributed by atoms with Crippen LogP contribution in [-0.2, 0) is 4.79 Å². The molecule has 0 aliphatic heterocycles. The molecular weight excluding hydrogens is 341 g/mol. The summed E-state index contributed by atoms with van der Waals surface area (Å²) in [6, 6.07) is 0. The minimum Gasteiger partial charge on any atom is -0.363 e. The van der Waals surface area contributed by atoms with Crippen molar-refractivity contribution in [2.45, 2.75) is 78.0 Å². The van der Waals surface area contributed by atoms with Crippen molar-refractivity contribution in [2.24, 2.45) is 5.92 Å². The molecule has 0 saturated carbocycles. The highest BCUT2D eigenvalue weighted by atomic mass is 19.1. The molecule has 0 heterocycles. The van der Waals surface area contributed by atoms with Crippen LogP contribution >= 0.6 is 0 Å². The first-order valence-electron chi connectivity index (χ1n) is 10.3. The number of alkyl halides is 1. The van der Waals surface area contributed by atoms with Crippen molar-refractivity contribution in [3.63, 3.8) is 0 Å². The van der Waals surface area contributed by atoms with Crippen molar-refractivity contribution in [1.29, 1.82) is 0 Å². The standard InChI is InChI=1S/C23H38FNO2/c1-3-4-5-6-7-8-9-10-11-12-13-14-15-16-17-18-19-21(2)23(27)25-20-22(24)26/h7-8,10-11,13-14,16-17,21-22,26H,3-6,9,12,15,18-20H2,1-2H3,(H,25,27)/b8-7-,11-10-,14-13-,17-16-. The molecule has 0 rings (SSSR count). The number of halogens is 1. The van der Waals surface area contributed by atoms with E-state index in [2.05, 4.69) is 60.8 Å². The molecule has 2 N–H and O–H groups in total. The second-order valence-electron chi connectivity index (χ2n) is 6.75. The topological polar surface area (TPSA) is 49.3 Å². The van der Waals surface area contributed by atoms with Crippen molar-refractivity contribution >= 4 is 5.91 Å². The Kier molecular flexibility index (Phi) is 17.9. The lowest BCUT2D eigenvalue weighted by atomic mass is 10.0. The number of aliphatic hydroxyl groups is 1. The Bertz CT molecular complexity index is 467. The molecule has 3 nitrogen and oxygen atoms in total. The van der Waals surface area contributed by atoms with Gasteiger partial charge in [-0.2, -0.15) is 0 Å². The van der Waals surface area contributed by atoms with Crippen LogP contribution in [-0.4, -0.2) is 23.9 Å². The van der Waals surface area contributed by atoms with Gasteiger partial charge in [-0.15, -0.1) is 0 Å². The summed E-state index contributed by atoms with van der Waals surface area (Å²) in [6.45, 7) is 3.69. The van der Waals surface area contributed by atoms with Crippen molar-refractivity contribution in [1.82, 2.24) is 5.32 Å². The second-order valence-corrected chi connectivity index (χ2v) is 6.75. The average Bonchev–Trinajstić information content (AvgIpc) is 2.65. The first kappa shape index (κ1) is 25.3. The van der Waals surface area contributed by atoms with E-state index in [0.717, 1.165) is 25.7 Å². The number of carbonyl (C=O) groups is 1. The van der Waals surface area contributed by atoms with E-state index in [4.69, 9.17) is 5.11 Å². The highest BCUT2D eigenvalue weighted by Crippen LogP contribution is 2.07. The zero-order chi connectivity index (χ0) is 20.2. The predicted octanol–water partition coefficient (Wildman–Crippen LogP) is 5.78. The van der Waals surface area contributed by atoms with Gasteiger partial charge >= 0.3 is 0 Å². The zero-order valence-corrected chi connectivity index (χ0v) is 17.1. The summed E-state index contributed by atoms with van der Waals surface area (Å²) >= 11 is 0. The lowest BCUT2D eigenvalue weighted by molar-refractivity contribution is -0.125. The summed E-state index contributed by atoms with van der Waals surface area (Å²) in [5.41, 5.74) is 0. The normalized spacial score (nSPS) is 14.7. The Hall–Kier alpha value is -1.68. The molecule has 4 heteroatoms. The maximum Gasteiger partial charge on any atom is 0.223 e. The van der Waals surface area contributed by atoms with Gasteiger partial charge in [-0.3, -0.25) is 4.79 Å². The van der Waals surface area contributed by atoms with E-state index in [0.29, 0.717) is 6.42 Å². The molecule has 0 saturated heterocycles. The SMILES string of the molecule is CCCCC/C=C\C/C=C\C/C=C\C/C=C\CCC(C)C(=O)NCC(O)F. The Morgan fingerprint density at radius 1 is 0.926 bits per heavy atom. The van der Waals surface area contributed by atoms with Crippen LogP contribution in [0.3, 0.4) is 0 Å². The number of aliphatic hydroxyl groups excluding tert-OH is 1. The fourth-order valence-corrected chi connectivity index (χ4v) is 2.40. The van der Waals surface area contributed by atoms with Crippen LogP contribution in [0.25, 0.3) is 0 Å². The molecule has 2 atom stereocenters. The summed E-state index contributed by atoms with van der Waals surface area (Å²) in [4.78, 5) is 11.6. The summed E-state index contributed by atoms with van der Waals surface area (Å²) < 4.78 is 12.3. The van der Waals surface area contributed by atoms with Gasteiger partial charge in [0.05, 0.1) is 6.54 Å². The molecule has 0 aromatic heterocycles. The first-order valence-corrected chi connectivity index (χ1v) is 10.3. The Labute approximate surface area is 165 Å². The molecule has 0 spiro atoms. The van der Waals surface area contributed by atoms with Gasteiger partial charge in [0.1, 0.15) is 0 Å². The summed E-state index contributed by atoms with van der Waals surface area (Å²) in [6.07, 6.45) is 24.8. The zero-order valence-electron chi connectivity index (χ0n) is 17.1. The molecule has 2 unspecified atom stereocenters. The number of hydrogen-bond acceptors (Lipinski definition) is 2. The van der Waals surface area contributed by atoms with Gasteiger partial charge in [0.15, 0.2) is 0 Å². The molecule has 0 bridgehead atoms. The number of hydrogen-bond donors (Lipinski definition) is 2. The molecule has 0 aliphatic rings. The second kappa shape index (κ2) is 19.1. The van der Waals surface area contributed by atoms with Crippen LogP contribution < -0.4 is 5.32 Å². The molecule has 154 valence electrons. The lowest BCUT2D eigenvalue weighted by Gasteiger charge is -2.10. The van der Waals surface area contributed by atoms with E-state index < -0.39 is 6.36 Å². The van der Waals surface area contributed by atoms with Crippen LogP contribution in [0.2, 0.25) is 0 Å².